The molecule has 2 atom stereocenters. The van der Waals surface area contributed by atoms with Crippen molar-refractivity contribution in [3.05, 3.63) is 24.3 Å². The minimum atomic E-state index is -0.0867. The number of rotatable bonds is 9. The molecule has 1 amide bonds. The predicted molar refractivity (Wildman–Crippen MR) is 105 cm³/mol. The summed E-state index contributed by atoms with van der Waals surface area (Å²) in [5, 5.41) is 2.98. The van der Waals surface area contributed by atoms with Crippen molar-refractivity contribution in [1.29, 1.82) is 0 Å². The maximum absolute atomic E-state index is 12.2. The highest BCUT2D eigenvalue weighted by Crippen LogP contribution is 2.25. The van der Waals surface area contributed by atoms with Crippen LogP contribution in [-0.4, -0.2) is 49.3 Å². The van der Waals surface area contributed by atoms with E-state index in [1.165, 1.54) is 25.9 Å². The molecule has 1 heterocycles. The quantitative estimate of drug-likeness (QED) is 0.534. The zero-order valence-electron chi connectivity index (χ0n) is 15.8. The van der Waals surface area contributed by atoms with Gasteiger partial charge in [-0.05, 0) is 75.9 Å². The van der Waals surface area contributed by atoms with Gasteiger partial charge in [-0.3, -0.25) is 4.79 Å². The van der Waals surface area contributed by atoms with Crippen LogP contribution in [0.1, 0.15) is 39.5 Å². The zero-order chi connectivity index (χ0) is 18.1. The van der Waals surface area contributed by atoms with Crippen LogP contribution >= 0.6 is 11.8 Å². The molecule has 140 valence electrons. The Morgan fingerprint density at radius 2 is 2.12 bits per heavy atom. The summed E-state index contributed by atoms with van der Waals surface area (Å²) in [5.74, 6) is 1.79. The number of thioether (sulfide) groups is 1. The van der Waals surface area contributed by atoms with E-state index in [2.05, 4.69) is 17.1 Å². The Hall–Kier alpha value is -1.20. The van der Waals surface area contributed by atoms with Gasteiger partial charge in [0, 0.05) is 18.0 Å². The molecule has 1 aromatic rings. The molecular formula is C20H32N2O2S. The molecule has 0 spiro atoms. The maximum atomic E-state index is 12.2. The normalized spacial score (nSPS) is 19.4. The number of amides is 1. The second kappa shape index (κ2) is 10.7. The minimum Gasteiger partial charge on any atom is -0.497 e. The molecule has 2 rings (SSSR count). The van der Waals surface area contributed by atoms with Crippen molar-refractivity contribution < 1.29 is 9.53 Å². The lowest BCUT2D eigenvalue weighted by atomic mass is 10.0. The standard InChI is InChI=1S/C20H32N2O2S/c1-16-7-6-14-22(15-16)13-5-4-12-21-20(23)17(2)25-19-10-8-18(24-3)9-11-19/h8-11,16-17H,4-7,12-15H2,1-3H3,(H,21,23). The summed E-state index contributed by atoms with van der Waals surface area (Å²) in [6.45, 7) is 8.72. The van der Waals surface area contributed by atoms with Gasteiger partial charge in [0.05, 0.1) is 12.4 Å². The number of piperidine rings is 1. The first-order chi connectivity index (χ1) is 12.1. The van der Waals surface area contributed by atoms with Crippen LogP contribution in [0.25, 0.3) is 0 Å². The highest BCUT2D eigenvalue weighted by molar-refractivity contribution is 8.00. The average Bonchev–Trinajstić information content (AvgIpc) is 2.62. The van der Waals surface area contributed by atoms with Crippen LogP contribution in [0, 0.1) is 5.92 Å². The van der Waals surface area contributed by atoms with Gasteiger partial charge < -0.3 is 15.0 Å². The molecular weight excluding hydrogens is 332 g/mol. The van der Waals surface area contributed by atoms with Crippen LogP contribution in [0.2, 0.25) is 0 Å². The molecule has 1 aliphatic rings. The van der Waals surface area contributed by atoms with Gasteiger partial charge in [0.1, 0.15) is 5.75 Å². The van der Waals surface area contributed by atoms with E-state index in [0.29, 0.717) is 0 Å². The minimum absolute atomic E-state index is 0.0867. The molecule has 1 aromatic carbocycles. The average molecular weight is 365 g/mol. The topological polar surface area (TPSA) is 41.6 Å². The van der Waals surface area contributed by atoms with Crippen LogP contribution in [0.3, 0.4) is 0 Å². The lowest BCUT2D eigenvalue weighted by Crippen LogP contribution is -2.35. The summed E-state index contributed by atoms with van der Waals surface area (Å²) in [7, 11) is 1.66. The Morgan fingerprint density at radius 3 is 2.80 bits per heavy atom. The van der Waals surface area contributed by atoms with E-state index in [4.69, 9.17) is 4.74 Å². The summed E-state index contributed by atoms with van der Waals surface area (Å²) in [4.78, 5) is 15.9. The first-order valence-corrected chi connectivity index (χ1v) is 10.3. The number of likely N-dealkylation sites (tertiary alicyclic amines) is 1. The fourth-order valence-corrected chi connectivity index (χ4v) is 4.11. The predicted octanol–water partition coefficient (Wildman–Crippen LogP) is 3.80. The second-order valence-electron chi connectivity index (χ2n) is 6.98. The van der Waals surface area contributed by atoms with Crippen molar-refractivity contribution in [2.45, 2.75) is 49.7 Å². The van der Waals surface area contributed by atoms with Crippen LogP contribution in [0.5, 0.6) is 5.75 Å². The van der Waals surface area contributed by atoms with E-state index < -0.39 is 0 Å². The van der Waals surface area contributed by atoms with Crippen molar-refractivity contribution in [2.24, 2.45) is 5.92 Å². The molecule has 2 unspecified atom stereocenters. The van der Waals surface area contributed by atoms with E-state index >= 15 is 0 Å². The van der Waals surface area contributed by atoms with Crippen LogP contribution < -0.4 is 10.1 Å². The molecule has 1 fully saturated rings. The number of hydrogen-bond donors (Lipinski definition) is 1. The number of carbonyl (C=O) groups excluding carboxylic acids is 1. The lowest BCUT2D eigenvalue weighted by Gasteiger charge is -2.30. The Morgan fingerprint density at radius 1 is 1.36 bits per heavy atom. The Labute approximate surface area is 156 Å². The molecule has 25 heavy (non-hydrogen) atoms. The number of nitrogens with one attached hydrogen (secondary N) is 1. The molecule has 0 aliphatic carbocycles. The third kappa shape index (κ3) is 7.28. The molecule has 0 saturated carbocycles. The van der Waals surface area contributed by atoms with Crippen molar-refractivity contribution in [3.63, 3.8) is 0 Å². The van der Waals surface area contributed by atoms with Gasteiger partial charge in [-0.2, -0.15) is 0 Å². The van der Waals surface area contributed by atoms with E-state index in [0.717, 1.165) is 42.5 Å². The summed E-state index contributed by atoms with van der Waals surface area (Å²) in [6.07, 6.45) is 4.91. The second-order valence-corrected chi connectivity index (χ2v) is 8.40. The molecule has 1 saturated heterocycles. The van der Waals surface area contributed by atoms with Crippen molar-refractivity contribution in [3.8, 4) is 5.75 Å². The smallest absolute Gasteiger partial charge is 0.233 e. The van der Waals surface area contributed by atoms with Gasteiger partial charge in [-0.25, -0.2) is 0 Å². The summed E-state index contributed by atoms with van der Waals surface area (Å²) < 4.78 is 5.16. The van der Waals surface area contributed by atoms with Crippen LogP contribution in [0.15, 0.2) is 29.2 Å². The SMILES string of the molecule is COc1ccc(SC(C)C(=O)NCCCCN2CCCC(C)C2)cc1. The number of hydrogen-bond acceptors (Lipinski definition) is 4. The van der Waals surface area contributed by atoms with Gasteiger partial charge in [0.25, 0.3) is 0 Å². The van der Waals surface area contributed by atoms with Gasteiger partial charge in [0.15, 0.2) is 0 Å². The van der Waals surface area contributed by atoms with E-state index in [1.807, 2.05) is 31.2 Å². The zero-order valence-corrected chi connectivity index (χ0v) is 16.6. The van der Waals surface area contributed by atoms with Gasteiger partial charge in [-0.15, -0.1) is 11.8 Å². The first kappa shape index (κ1) is 20.1. The molecule has 0 bridgehead atoms. The fraction of sp³-hybridized carbons (Fsp3) is 0.650. The Kier molecular flexibility index (Phi) is 8.62. The third-order valence-corrected chi connectivity index (χ3v) is 5.79. The van der Waals surface area contributed by atoms with Gasteiger partial charge in [0.2, 0.25) is 5.91 Å². The Bertz CT molecular complexity index is 521. The molecule has 4 nitrogen and oxygen atoms in total. The molecule has 1 N–H and O–H groups in total. The summed E-state index contributed by atoms with van der Waals surface area (Å²) in [6, 6.07) is 7.84. The highest BCUT2D eigenvalue weighted by Gasteiger charge is 2.16. The van der Waals surface area contributed by atoms with Crippen LogP contribution in [0.4, 0.5) is 0 Å². The van der Waals surface area contributed by atoms with E-state index in [9.17, 15) is 4.79 Å². The number of benzene rings is 1. The maximum Gasteiger partial charge on any atom is 0.233 e. The largest absolute Gasteiger partial charge is 0.497 e. The molecule has 1 aliphatic heterocycles. The number of unbranched alkanes of at least 4 members (excludes halogenated alkanes) is 1. The van der Waals surface area contributed by atoms with E-state index in [1.54, 1.807) is 18.9 Å². The molecule has 5 heteroatoms. The molecule has 0 aromatic heterocycles. The van der Waals surface area contributed by atoms with Crippen molar-refractivity contribution in [2.75, 3.05) is 33.3 Å². The van der Waals surface area contributed by atoms with Crippen molar-refractivity contribution in [1.82, 2.24) is 10.2 Å². The highest BCUT2D eigenvalue weighted by atomic mass is 32.2. The fourth-order valence-electron chi connectivity index (χ4n) is 3.22. The summed E-state index contributed by atoms with van der Waals surface area (Å²) >= 11 is 1.58. The third-order valence-electron chi connectivity index (χ3n) is 4.68. The number of carbonyl (C=O) groups is 1. The number of ether oxygens (including phenoxy) is 1. The number of nitrogens with zero attached hydrogens (tertiary/aromatic N) is 1. The molecule has 0 radical (unpaired) electrons. The van der Waals surface area contributed by atoms with Crippen LogP contribution in [-0.2, 0) is 4.79 Å². The van der Waals surface area contributed by atoms with Gasteiger partial charge in [-0.1, -0.05) is 6.92 Å². The Balaban J connectivity index is 1.59. The number of methoxy groups -OCH3 is 1. The van der Waals surface area contributed by atoms with Crippen molar-refractivity contribution >= 4 is 17.7 Å². The summed E-state index contributed by atoms with van der Waals surface area (Å²) in [5.41, 5.74) is 0. The van der Waals surface area contributed by atoms with E-state index in [-0.39, 0.29) is 11.2 Å². The monoisotopic (exact) mass is 364 g/mol. The lowest BCUT2D eigenvalue weighted by molar-refractivity contribution is -0.120. The van der Waals surface area contributed by atoms with Gasteiger partial charge >= 0.3 is 0 Å². The first-order valence-electron chi connectivity index (χ1n) is 9.39.